The maximum absolute atomic E-state index is 3.56. The van der Waals surface area contributed by atoms with Crippen LogP contribution in [0.3, 0.4) is 0 Å². The number of fused-ring (bicyclic) bond motifs is 1. The quantitative estimate of drug-likeness (QED) is 0.893. The summed E-state index contributed by atoms with van der Waals surface area (Å²) in [5.41, 5.74) is 3.67. The van der Waals surface area contributed by atoms with Gasteiger partial charge in [0.05, 0.1) is 0 Å². The number of anilines is 1. The number of nitrogens with zero attached hydrogens (tertiary/aromatic N) is 1. The van der Waals surface area contributed by atoms with Gasteiger partial charge in [0.2, 0.25) is 0 Å². The lowest BCUT2D eigenvalue weighted by Crippen LogP contribution is -2.39. The van der Waals surface area contributed by atoms with Gasteiger partial charge in [-0.15, -0.1) is 0 Å². The van der Waals surface area contributed by atoms with E-state index in [9.17, 15) is 0 Å². The highest BCUT2D eigenvalue weighted by Gasteiger charge is 2.36. The Kier molecular flexibility index (Phi) is 3.66. The fraction of sp³-hybridized carbons (Fsp3) is 0.684. The molecule has 0 amide bonds. The second kappa shape index (κ2) is 5.64. The van der Waals surface area contributed by atoms with Crippen LogP contribution in [0.5, 0.6) is 0 Å². The molecule has 1 aromatic rings. The smallest absolute Gasteiger partial charge is 0.0376 e. The zero-order valence-electron chi connectivity index (χ0n) is 13.1. The zero-order chi connectivity index (χ0) is 14.1. The van der Waals surface area contributed by atoms with Gasteiger partial charge in [-0.05, 0) is 68.8 Å². The molecule has 0 aromatic heterocycles. The molecule has 2 aliphatic heterocycles. The van der Waals surface area contributed by atoms with Crippen LogP contribution in [0.4, 0.5) is 5.69 Å². The molecule has 0 bridgehead atoms. The van der Waals surface area contributed by atoms with Crippen LogP contribution in [0.2, 0.25) is 0 Å². The lowest BCUT2D eigenvalue weighted by Gasteiger charge is -2.39. The Balaban J connectivity index is 1.29. The number of para-hydroxylation sites is 1. The molecule has 1 spiro atoms. The number of rotatable bonds is 3. The number of nitrogens with one attached hydrogen (secondary N) is 1. The first-order valence-corrected chi connectivity index (χ1v) is 8.90. The summed E-state index contributed by atoms with van der Waals surface area (Å²) >= 11 is 0. The second-order valence-electron chi connectivity index (χ2n) is 7.50. The summed E-state index contributed by atoms with van der Waals surface area (Å²) in [6, 6.07) is 8.85. The highest BCUT2D eigenvalue weighted by molar-refractivity contribution is 5.57. The fourth-order valence-electron chi connectivity index (χ4n) is 4.83. The largest absolute Gasteiger partial charge is 0.384 e. The van der Waals surface area contributed by atoms with Gasteiger partial charge in [0.25, 0.3) is 0 Å². The molecule has 0 radical (unpaired) electrons. The van der Waals surface area contributed by atoms with Crippen molar-refractivity contribution in [2.45, 2.75) is 50.9 Å². The van der Waals surface area contributed by atoms with Gasteiger partial charge in [-0.3, -0.25) is 0 Å². The maximum Gasteiger partial charge on any atom is 0.0376 e. The third-order valence-corrected chi connectivity index (χ3v) is 6.31. The summed E-state index contributed by atoms with van der Waals surface area (Å²) in [7, 11) is 0. The lowest BCUT2D eigenvalue weighted by molar-refractivity contribution is 0.106. The van der Waals surface area contributed by atoms with Crippen LogP contribution in [0.25, 0.3) is 0 Å². The van der Waals surface area contributed by atoms with Gasteiger partial charge in [-0.2, -0.15) is 0 Å². The van der Waals surface area contributed by atoms with Crippen molar-refractivity contribution in [1.29, 1.82) is 0 Å². The first-order valence-electron chi connectivity index (χ1n) is 8.90. The van der Waals surface area contributed by atoms with E-state index in [1.54, 1.807) is 5.56 Å². The summed E-state index contributed by atoms with van der Waals surface area (Å²) in [4.78, 5) is 2.73. The van der Waals surface area contributed by atoms with E-state index in [-0.39, 0.29) is 0 Å². The molecule has 3 aliphatic rings. The Morgan fingerprint density at radius 3 is 2.62 bits per heavy atom. The van der Waals surface area contributed by atoms with Crippen molar-refractivity contribution in [3.8, 4) is 0 Å². The van der Waals surface area contributed by atoms with Crippen LogP contribution in [0.1, 0.15) is 56.4 Å². The van der Waals surface area contributed by atoms with Crippen LogP contribution >= 0.6 is 0 Å². The highest BCUT2D eigenvalue weighted by atomic mass is 15.1. The van der Waals surface area contributed by atoms with Crippen molar-refractivity contribution in [1.82, 2.24) is 4.90 Å². The van der Waals surface area contributed by atoms with E-state index in [2.05, 4.69) is 34.5 Å². The van der Waals surface area contributed by atoms with Gasteiger partial charge in [0, 0.05) is 18.2 Å². The van der Waals surface area contributed by atoms with Crippen LogP contribution in [-0.2, 0) is 0 Å². The van der Waals surface area contributed by atoms with E-state index in [0.717, 1.165) is 17.9 Å². The third-order valence-electron chi connectivity index (χ3n) is 6.31. The average molecular weight is 284 g/mol. The highest BCUT2D eigenvalue weighted by Crippen LogP contribution is 2.46. The van der Waals surface area contributed by atoms with Crippen molar-refractivity contribution < 1.29 is 0 Å². The molecule has 1 aromatic carbocycles. The third kappa shape index (κ3) is 2.70. The molecule has 114 valence electrons. The van der Waals surface area contributed by atoms with Gasteiger partial charge >= 0.3 is 0 Å². The summed E-state index contributed by atoms with van der Waals surface area (Å²) in [5, 5.41) is 3.56. The molecule has 1 aliphatic carbocycles. The second-order valence-corrected chi connectivity index (χ2v) is 7.50. The number of piperidine rings is 1. The molecule has 2 fully saturated rings. The summed E-state index contributed by atoms with van der Waals surface area (Å²) < 4.78 is 0. The van der Waals surface area contributed by atoms with Gasteiger partial charge in [0.1, 0.15) is 0 Å². The van der Waals surface area contributed by atoms with Crippen molar-refractivity contribution in [3.05, 3.63) is 29.8 Å². The molecule has 1 saturated heterocycles. The molecule has 1 N–H and O–H groups in total. The van der Waals surface area contributed by atoms with Crippen molar-refractivity contribution in [2.24, 2.45) is 5.41 Å². The van der Waals surface area contributed by atoms with Crippen molar-refractivity contribution in [3.63, 3.8) is 0 Å². The molecule has 1 unspecified atom stereocenters. The minimum absolute atomic E-state index is 0.726. The molecular formula is C19H28N2. The minimum atomic E-state index is 0.726. The molecule has 2 nitrogen and oxygen atoms in total. The molecule has 2 heterocycles. The van der Waals surface area contributed by atoms with E-state index in [0.29, 0.717) is 0 Å². The Morgan fingerprint density at radius 2 is 1.81 bits per heavy atom. The first-order chi connectivity index (χ1) is 10.3. The van der Waals surface area contributed by atoms with E-state index >= 15 is 0 Å². The lowest BCUT2D eigenvalue weighted by atomic mass is 9.77. The Bertz CT molecular complexity index is 480. The van der Waals surface area contributed by atoms with Gasteiger partial charge in [0.15, 0.2) is 0 Å². The molecule has 21 heavy (non-hydrogen) atoms. The normalized spacial score (nSPS) is 27.7. The van der Waals surface area contributed by atoms with E-state index in [1.165, 1.54) is 70.3 Å². The Labute approximate surface area is 128 Å². The molecular weight excluding hydrogens is 256 g/mol. The van der Waals surface area contributed by atoms with E-state index in [4.69, 9.17) is 0 Å². The SMILES string of the molecule is c1ccc2c(c1)NCC2CCN1CCC2(CCCC2)CC1. The van der Waals surface area contributed by atoms with Gasteiger partial charge < -0.3 is 10.2 Å². The Hall–Kier alpha value is -1.02. The molecule has 4 rings (SSSR count). The van der Waals surface area contributed by atoms with Crippen LogP contribution < -0.4 is 5.32 Å². The van der Waals surface area contributed by atoms with Gasteiger partial charge in [-0.25, -0.2) is 0 Å². The number of hydrogen-bond donors (Lipinski definition) is 1. The first kappa shape index (κ1) is 13.6. The molecule has 1 atom stereocenters. The predicted molar refractivity (Wildman–Crippen MR) is 88.9 cm³/mol. The van der Waals surface area contributed by atoms with Crippen LogP contribution in [0.15, 0.2) is 24.3 Å². The van der Waals surface area contributed by atoms with E-state index < -0.39 is 0 Å². The van der Waals surface area contributed by atoms with Crippen molar-refractivity contribution in [2.75, 3.05) is 31.5 Å². The van der Waals surface area contributed by atoms with Crippen LogP contribution in [0, 0.1) is 5.41 Å². The zero-order valence-corrected chi connectivity index (χ0v) is 13.1. The monoisotopic (exact) mass is 284 g/mol. The number of hydrogen-bond acceptors (Lipinski definition) is 2. The Morgan fingerprint density at radius 1 is 1.05 bits per heavy atom. The number of benzene rings is 1. The van der Waals surface area contributed by atoms with Crippen molar-refractivity contribution >= 4 is 5.69 Å². The number of likely N-dealkylation sites (tertiary alicyclic amines) is 1. The fourth-order valence-corrected chi connectivity index (χ4v) is 4.83. The van der Waals surface area contributed by atoms with Gasteiger partial charge in [-0.1, -0.05) is 31.0 Å². The predicted octanol–water partition coefficient (Wildman–Crippen LogP) is 4.24. The summed E-state index contributed by atoms with van der Waals surface area (Å²) in [6.45, 7) is 5.12. The molecule has 1 saturated carbocycles. The summed E-state index contributed by atoms with van der Waals surface area (Å²) in [5.74, 6) is 0.726. The molecule has 2 heteroatoms. The minimum Gasteiger partial charge on any atom is -0.384 e. The maximum atomic E-state index is 3.56. The standard InChI is InChI=1S/C19H28N2/c1-2-6-18-17(5-1)16(15-20-18)7-12-21-13-10-19(11-14-21)8-3-4-9-19/h1-2,5-6,16,20H,3-4,7-15H2. The van der Waals surface area contributed by atoms with E-state index in [1.807, 2.05) is 0 Å². The topological polar surface area (TPSA) is 15.3 Å². The summed E-state index contributed by atoms with van der Waals surface area (Å²) in [6.07, 6.45) is 10.3. The average Bonchev–Trinajstić information content (AvgIpc) is 3.15. The van der Waals surface area contributed by atoms with Crippen LogP contribution in [-0.4, -0.2) is 31.1 Å².